The molecule has 0 spiro atoms. The molecular formula is C20H33N3O2S. The lowest BCUT2D eigenvalue weighted by atomic mass is 10.0. The van der Waals surface area contributed by atoms with Crippen LogP contribution in [0.4, 0.5) is 0 Å². The van der Waals surface area contributed by atoms with Gasteiger partial charge in [-0.25, -0.2) is 0 Å². The zero-order valence-electron chi connectivity index (χ0n) is 16.7. The van der Waals surface area contributed by atoms with E-state index >= 15 is 0 Å². The van der Waals surface area contributed by atoms with Gasteiger partial charge < -0.3 is 15.5 Å². The molecule has 0 radical (unpaired) electrons. The molecule has 5 nitrogen and oxygen atoms in total. The van der Waals surface area contributed by atoms with Crippen LogP contribution in [0.15, 0.2) is 29.2 Å². The lowest BCUT2D eigenvalue weighted by molar-refractivity contribution is -0.127. The van der Waals surface area contributed by atoms with Crippen LogP contribution >= 0.6 is 11.8 Å². The summed E-state index contributed by atoms with van der Waals surface area (Å²) >= 11 is 1.58. The summed E-state index contributed by atoms with van der Waals surface area (Å²) in [5.74, 6) is 0.693. The van der Waals surface area contributed by atoms with Crippen molar-refractivity contribution in [2.45, 2.75) is 51.5 Å². The zero-order valence-corrected chi connectivity index (χ0v) is 17.5. The first-order valence-electron chi connectivity index (χ1n) is 9.37. The second-order valence-electron chi connectivity index (χ2n) is 6.61. The Morgan fingerprint density at radius 1 is 1.12 bits per heavy atom. The van der Waals surface area contributed by atoms with Crippen LogP contribution in [-0.2, 0) is 9.59 Å². The van der Waals surface area contributed by atoms with Gasteiger partial charge in [0.15, 0.2) is 0 Å². The van der Waals surface area contributed by atoms with Crippen molar-refractivity contribution in [2.24, 2.45) is 0 Å². The lowest BCUT2D eigenvalue weighted by Gasteiger charge is -2.20. The monoisotopic (exact) mass is 379 g/mol. The summed E-state index contributed by atoms with van der Waals surface area (Å²) in [7, 11) is 0. The van der Waals surface area contributed by atoms with E-state index in [0.717, 1.165) is 24.5 Å². The van der Waals surface area contributed by atoms with Crippen molar-refractivity contribution in [3.63, 3.8) is 0 Å². The molecule has 1 aromatic carbocycles. The third kappa shape index (κ3) is 8.23. The number of hydrogen-bond acceptors (Lipinski definition) is 4. The molecule has 1 rings (SSSR count). The van der Waals surface area contributed by atoms with Crippen LogP contribution in [0, 0.1) is 0 Å². The van der Waals surface area contributed by atoms with Crippen LogP contribution in [0.3, 0.4) is 0 Å². The van der Waals surface area contributed by atoms with E-state index in [1.807, 2.05) is 0 Å². The van der Waals surface area contributed by atoms with Crippen molar-refractivity contribution >= 4 is 23.6 Å². The quantitative estimate of drug-likeness (QED) is 0.581. The number of nitrogens with zero attached hydrogens (tertiary/aromatic N) is 1. The second kappa shape index (κ2) is 12.0. The topological polar surface area (TPSA) is 61.4 Å². The molecule has 26 heavy (non-hydrogen) atoms. The predicted octanol–water partition coefficient (Wildman–Crippen LogP) is 2.86. The summed E-state index contributed by atoms with van der Waals surface area (Å²) in [6.45, 7) is 13.3. The molecule has 0 aromatic heterocycles. The second-order valence-corrected chi connectivity index (χ2v) is 7.70. The van der Waals surface area contributed by atoms with Crippen molar-refractivity contribution in [3.8, 4) is 0 Å². The van der Waals surface area contributed by atoms with Crippen molar-refractivity contribution in [1.29, 1.82) is 0 Å². The minimum Gasteiger partial charge on any atom is -0.353 e. The van der Waals surface area contributed by atoms with Crippen molar-refractivity contribution in [1.82, 2.24) is 15.5 Å². The highest BCUT2D eigenvalue weighted by molar-refractivity contribution is 7.99. The first-order valence-corrected chi connectivity index (χ1v) is 10.4. The van der Waals surface area contributed by atoms with Crippen LogP contribution in [0.25, 0.3) is 0 Å². The SMILES string of the molecule is CCN(CC)CCNC(=O)C(CSc1ccc(C(C)C)cc1)NC(C)=O. The molecular weight excluding hydrogens is 346 g/mol. The number of rotatable bonds is 11. The average Bonchev–Trinajstić information content (AvgIpc) is 2.62. The van der Waals surface area contributed by atoms with E-state index in [9.17, 15) is 9.59 Å². The fourth-order valence-corrected chi connectivity index (χ4v) is 3.48. The normalized spacial score (nSPS) is 12.3. The zero-order chi connectivity index (χ0) is 19.5. The average molecular weight is 380 g/mol. The van der Waals surface area contributed by atoms with Gasteiger partial charge in [0, 0.05) is 30.7 Å². The highest BCUT2D eigenvalue weighted by atomic mass is 32.2. The molecule has 1 unspecified atom stereocenters. The van der Waals surface area contributed by atoms with Gasteiger partial charge in [-0.05, 0) is 36.7 Å². The molecule has 2 amide bonds. The van der Waals surface area contributed by atoms with E-state index in [-0.39, 0.29) is 11.8 Å². The number of amides is 2. The Bertz CT molecular complexity index is 557. The van der Waals surface area contributed by atoms with E-state index in [2.05, 4.69) is 67.5 Å². The third-order valence-electron chi connectivity index (χ3n) is 4.28. The van der Waals surface area contributed by atoms with Gasteiger partial charge in [0.2, 0.25) is 11.8 Å². The molecule has 0 saturated heterocycles. The number of benzene rings is 1. The summed E-state index contributed by atoms with van der Waals surface area (Å²) in [4.78, 5) is 27.2. The Morgan fingerprint density at radius 3 is 2.23 bits per heavy atom. The molecule has 0 aliphatic heterocycles. The smallest absolute Gasteiger partial charge is 0.243 e. The standard InChI is InChI=1S/C20H33N3O2S/c1-6-23(7-2)13-12-21-20(25)19(22-16(5)24)14-26-18-10-8-17(9-11-18)15(3)4/h8-11,15,19H,6-7,12-14H2,1-5H3,(H,21,25)(H,22,24). The molecule has 1 aromatic rings. The van der Waals surface area contributed by atoms with Crippen molar-refractivity contribution in [2.75, 3.05) is 31.9 Å². The van der Waals surface area contributed by atoms with Crippen molar-refractivity contribution in [3.05, 3.63) is 29.8 Å². The largest absolute Gasteiger partial charge is 0.353 e. The lowest BCUT2D eigenvalue weighted by Crippen LogP contribution is -2.49. The van der Waals surface area contributed by atoms with Gasteiger partial charge >= 0.3 is 0 Å². The molecule has 0 aliphatic carbocycles. The highest BCUT2D eigenvalue weighted by Crippen LogP contribution is 2.22. The minimum atomic E-state index is -0.529. The molecule has 146 valence electrons. The van der Waals surface area contributed by atoms with Crippen LogP contribution in [-0.4, -0.2) is 54.7 Å². The Hall–Kier alpha value is -1.53. The van der Waals surface area contributed by atoms with E-state index in [1.54, 1.807) is 11.8 Å². The molecule has 0 heterocycles. The summed E-state index contributed by atoms with van der Waals surface area (Å²) in [6, 6.07) is 7.85. The number of carbonyl (C=O) groups is 2. The Kier molecular flexibility index (Phi) is 10.4. The van der Waals surface area contributed by atoms with Crippen LogP contribution in [0.1, 0.15) is 46.1 Å². The molecule has 6 heteroatoms. The van der Waals surface area contributed by atoms with Gasteiger partial charge in [0.1, 0.15) is 6.04 Å². The minimum absolute atomic E-state index is 0.126. The van der Waals surface area contributed by atoms with E-state index in [1.165, 1.54) is 12.5 Å². The first kappa shape index (κ1) is 22.5. The molecule has 0 fully saturated rings. The highest BCUT2D eigenvalue weighted by Gasteiger charge is 2.19. The van der Waals surface area contributed by atoms with Gasteiger partial charge in [0.25, 0.3) is 0 Å². The van der Waals surface area contributed by atoms with Gasteiger partial charge in [-0.15, -0.1) is 11.8 Å². The van der Waals surface area contributed by atoms with Crippen LogP contribution in [0.5, 0.6) is 0 Å². The van der Waals surface area contributed by atoms with Gasteiger partial charge in [-0.2, -0.15) is 0 Å². The van der Waals surface area contributed by atoms with E-state index in [0.29, 0.717) is 18.2 Å². The summed E-state index contributed by atoms with van der Waals surface area (Å²) in [5.41, 5.74) is 1.29. The molecule has 0 bridgehead atoms. The summed E-state index contributed by atoms with van der Waals surface area (Å²) in [6.07, 6.45) is 0. The van der Waals surface area contributed by atoms with Crippen molar-refractivity contribution < 1.29 is 9.59 Å². The third-order valence-corrected chi connectivity index (χ3v) is 5.38. The molecule has 2 N–H and O–H groups in total. The maximum Gasteiger partial charge on any atom is 0.243 e. The van der Waals surface area contributed by atoms with E-state index in [4.69, 9.17) is 0 Å². The first-order chi connectivity index (χ1) is 12.4. The molecule has 0 aliphatic rings. The molecule has 0 saturated carbocycles. The Balaban J connectivity index is 2.56. The van der Waals surface area contributed by atoms with Gasteiger partial charge in [-0.3, -0.25) is 9.59 Å². The number of likely N-dealkylation sites (N-methyl/N-ethyl adjacent to an activating group) is 1. The number of thioether (sulfide) groups is 1. The Labute approximate surface area is 162 Å². The predicted molar refractivity (Wildman–Crippen MR) is 110 cm³/mol. The summed E-state index contributed by atoms with van der Waals surface area (Å²) in [5, 5.41) is 5.70. The summed E-state index contributed by atoms with van der Waals surface area (Å²) < 4.78 is 0. The number of carbonyl (C=O) groups excluding carboxylic acids is 2. The van der Waals surface area contributed by atoms with Gasteiger partial charge in [-0.1, -0.05) is 39.8 Å². The Morgan fingerprint density at radius 2 is 1.73 bits per heavy atom. The number of nitrogens with one attached hydrogen (secondary N) is 2. The molecule has 1 atom stereocenters. The number of hydrogen-bond donors (Lipinski definition) is 2. The van der Waals surface area contributed by atoms with E-state index < -0.39 is 6.04 Å². The van der Waals surface area contributed by atoms with Gasteiger partial charge in [0.05, 0.1) is 0 Å². The van der Waals surface area contributed by atoms with Crippen LogP contribution < -0.4 is 10.6 Å². The fourth-order valence-electron chi connectivity index (χ4n) is 2.56. The maximum atomic E-state index is 12.4. The fraction of sp³-hybridized carbons (Fsp3) is 0.600. The maximum absolute atomic E-state index is 12.4. The van der Waals surface area contributed by atoms with Crippen LogP contribution in [0.2, 0.25) is 0 Å².